The van der Waals surface area contributed by atoms with Gasteiger partial charge >= 0.3 is 0 Å². The number of anilines is 1. The molecule has 0 spiro atoms. The van der Waals surface area contributed by atoms with Gasteiger partial charge in [-0.15, -0.1) is 10.2 Å². The molecule has 1 heterocycles. The van der Waals surface area contributed by atoms with Crippen LogP contribution in [-0.4, -0.2) is 17.3 Å². The van der Waals surface area contributed by atoms with Crippen LogP contribution >= 0.6 is 0 Å². The van der Waals surface area contributed by atoms with E-state index in [1.54, 1.807) is 7.11 Å². The van der Waals surface area contributed by atoms with Gasteiger partial charge < -0.3 is 14.5 Å². The van der Waals surface area contributed by atoms with Crippen LogP contribution in [0.3, 0.4) is 0 Å². The van der Waals surface area contributed by atoms with E-state index in [-0.39, 0.29) is 6.04 Å². The zero-order chi connectivity index (χ0) is 15.4. The number of nitrogens with zero attached hydrogens (tertiary/aromatic N) is 2. The Bertz CT molecular complexity index is 740. The predicted octanol–water partition coefficient (Wildman–Crippen LogP) is 3.92. The number of methoxy groups -OCH3 is 1. The van der Waals surface area contributed by atoms with Gasteiger partial charge in [0.1, 0.15) is 11.8 Å². The summed E-state index contributed by atoms with van der Waals surface area (Å²) in [5, 5.41) is 11.5. The van der Waals surface area contributed by atoms with Crippen molar-refractivity contribution in [3.8, 4) is 17.2 Å². The molecule has 1 unspecified atom stereocenters. The molecule has 1 aromatic heterocycles. The molecule has 0 saturated carbocycles. The topological polar surface area (TPSA) is 60.2 Å². The lowest BCUT2D eigenvalue weighted by atomic mass is 10.2. The zero-order valence-electron chi connectivity index (χ0n) is 12.5. The Labute approximate surface area is 129 Å². The summed E-state index contributed by atoms with van der Waals surface area (Å²) in [5.74, 6) is 1.83. The van der Waals surface area contributed by atoms with Crippen LogP contribution in [0.15, 0.2) is 59.0 Å². The molecule has 0 aliphatic carbocycles. The van der Waals surface area contributed by atoms with Gasteiger partial charge in [0, 0.05) is 5.56 Å². The van der Waals surface area contributed by atoms with Crippen molar-refractivity contribution in [1.82, 2.24) is 10.2 Å². The molecule has 0 radical (unpaired) electrons. The highest BCUT2D eigenvalue weighted by atomic mass is 16.5. The van der Waals surface area contributed by atoms with Crippen molar-refractivity contribution in [3.05, 3.63) is 60.5 Å². The summed E-state index contributed by atoms with van der Waals surface area (Å²) in [4.78, 5) is 0. The highest BCUT2D eigenvalue weighted by molar-refractivity contribution is 5.57. The first kappa shape index (κ1) is 14.1. The maximum Gasteiger partial charge on any atom is 0.247 e. The van der Waals surface area contributed by atoms with Gasteiger partial charge in [0.2, 0.25) is 11.8 Å². The van der Waals surface area contributed by atoms with Crippen molar-refractivity contribution in [2.45, 2.75) is 13.0 Å². The van der Waals surface area contributed by atoms with Gasteiger partial charge in [-0.1, -0.05) is 30.3 Å². The molecule has 0 fully saturated rings. The fourth-order valence-corrected chi connectivity index (χ4v) is 2.17. The predicted molar refractivity (Wildman–Crippen MR) is 84.8 cm³/mol. The minimum absolute atomic E-state index is 0.124. The van der Waals surface area contributed by atoms with Crippen LogP contribution in [0.5, 0.6) is 5.75 Å². The van der Waals surface area contributed by atoms with Crippen LogP contribution in [0, 0.1) is 0 Å². The minimum Gasteiger partial charge on any atom is -0.495 e. The normalized spacial score (nSPS) is 11.9. The summed E-state index contributed by atoms with van der Waals surface area (Å²) >= 11 is 0. The Morgan fingerprint density at radius 2 is 1.73 bits per heavy atom. The fourth-order valence-electron chi connectivity index (χ4n) is 2.17. The van der Waals surface area contributed by atoms with Crippen LogP contribution < -0.4 is 10.1 Å². The lowest BCUT2D eigenvalue weighted by Gasteiger charge is -2.14. The molecule has 5 nitrogen and oxygen atoms in total. The van der Waals surface area contributed by atoms with E-state index < -0.39 is 0 Å². The number of aromatic nitrogens is 2. The standard InChI is InChI=1S/C17H17N3O2/c1-12(18-14-10-6-7-11-15(14)21-2)16-19-20-17(22-16)13-8-4-3-5-9-13/h3-12,18H,1-2H3. The first-order valence-corrected chi connectivity index (χ1v) is 7.06. The van der Waals surface area contributed by atoms with Gasteiger partial charge in [-0.05, 0) is 31.2 Å². The third kappa shape index (κ3) is 2.93. The molecule has 1 atom stereocenters. The Balaban J connectivity index is 1.78. The molecule has 0 aliphatic heterocycles. The summed E-state index contributed by atoms with van der Waals surface area (Å²) in [6, 6.07) is 17.3. The van der Waals surface area contributed by atoms with Gasteiger partial charge in [0.15, 0.2) is 0 Å². The number of benzene rings is 2. The Morgan fingerprint density at radius 3 is 2.50 bits per heavy atom. The van der Waals surface area contributed by atoms with Crippen LogP contribution in [0.1, 0.15) is 18.9 Å². The van der Waals surface area contributed by atoms with Crippen molar-refractivity contribution < 1.29 is 9.15 Å². The molecule has 0 aliphatic rings. The number of para-hydroxylation sites is 2. The highest BCUT2D eigenvalue weighted by Gasteiger charge is 2.16. The summed E-state index contributed by atoms with van der Waals surface area (Å²) in [6.45, 7) is 1.97. The SMILES string of the molecule is COc1ccccc1NC(C)c1nnc(-c2ccccc2)o1. The van der Waals surface area contributed by atoms with Gasteiger partial charge in [-0.3, -0.25) is 0 Å². The maximum absolute atomic E-state index is 5.75. The monoisotopic (exact) mass is 295 g/mol. The number of hydrogen-bond acceptors (Lipinski definition) is 5. The largest absolute Gasteiger partial charge is 0.495 e. The van der Waals surface area contributed by atoms with E-state index in [0.29, 0.717) is 11.8 Å². The van der Waals surface area contributed by atoms with E-state index in [9.17, 15) is 0 Å². The lowest BCUT2D eigenvalue weighted by Crippen LogP contribution is -2.08. The van der Waals surface area contributed by atoms with E-state index in [1.807, 2.05) is 61.5 Å². The summed E-state index contributed by atoms with van der Waals surface area (Å²) in [7, 11) is 1.64. The summed E-state index contributed by atoms with van der Waals surface area (Å²) < 4.78 is 11.1. The number of rotatable bonds is 5. The van der Waals surface area contributed by atoms with Crippen LogP contribution in [0.2, 0.25) is 0 Å². The molecule has 1 N–H and O–H groups in total. The molecular weight excluding hydrogens is 278 g/mol. The molecule has 0 saturated heterocycles. The molecule has 112 valence electrons. The quantitative estimate of drug-likeness (QED) is 0.773. The number of ether oxygens (including phenoxy) is 1. The van der Waals surface area contributed by atoms with Crippen molar-refractivity contribution in [1.29, 1.82) is 0 Å². The highest BCUT2D eigenvalue weighted by Crippen LogP contribution is 2.28. The van der Waals surface area contributed by atoms with Crippen LogP contribution in [0.25, 0.3) is 11.5 Å². The minimum atomic E-state index is -0.124. The summed E-state index contributed by atoms with van der Waals surface area (Å²) in [5.41, 5.74) is 1.79. The molecule has 3 aromatic rings. The molecule has 0 amide bonds. The number of hydrogen-bond donors (Lipinski definition) is 1. The Kier molecular flexibility index (Phi) is 4.05. The van der Waals surface area contributed by atoms with E-state index in [1.165, 1.54) is 0 Å². The van der Waals surface area contributed by atoms with Gasteiger partial charge in [-0.25, -0.2) is 0 Å². The van der Waals surface area contributed by atoms with Crippen molar-refractivity contribution in [2.75, 3.05) is 12.4 Å². The van der Waals surface area contributed by atoms with E-state index in [0.717, 1.165) is 17.0 Å². The second kappa shape index (κ2) is 6.30. The third-order valence-corrected chi connectivity index (χ3v) is 3.31. The molecule has 2 aromatic carbocycles. The molecular formula is C17H17N3O2. The van der Waals surface area contributed by atoms with Crippen LogP contribution in [-0.2, 0) is 0 Å². The van der Waals surface area contributed by atoms with Gasteiger partial charge in [0.05, 0.1) is 12.8 Å². The second-order valence-electron chi connectivity index (χ2n) is 4.88. The first-order chi connectivity index (χ1) is 10.8. The van der Waals surface area contributed by atoms with Crippen LogP contribution in [0.4, 0.5) is 5.69 Å². The first-order valence-electron chi connectivity index (χ1n) is 7.06. The molecule has 22 heavy (non-hydrogen) atoms. The van der Waals surface area contributed by atoms with E-state index in [4.69, 9.17) is 9.15 Å². The Hall–Kier alpha value is -2.82. The molecule has 5 heteroatoms. The third-order valence-electron chi connectivity index (χ3n) is 3.31. The second-order valence-corrected chi connectivity index (χ2v) is 4.88. The lowest BCUT2D eigenvalue weighted by molar-refractivity contribution is 0.415. The van der Waals surface area contributed by atoms with E-state index >= 15 is 0 Å². The van der Waals surface area contributed by atoms with Crippen molar-refractivity contribution in [3.63, 3.8) is 0 Å². The average molecular weight is 295 g/mol. The maximum atomic E-state index is 5.75. The smallest absolute Gasteiger partial charge is 0.247 e. The Morgan fingerprint density at radius 1 is 1.00 bits per heavy atom. The van der Waals surface area contributed by atoms with E-state index in [2.05, 4.69) is 15.5 Å². The van der Waals surface area contributed by atoms with Gasteiger partial charge in [0.25, 0.3) is 0 Å². The molecule has 0 bridgehead atoms. The number of nitrogens with one attached hydrogen (secondary N) is 1. The average Bonchev–Trinajstić information content (AvgIpc) is 3.06. The molecule has 3 rings (SSSR count). The fraction of sp³-hybridized carbons (Fsp3) is 0.176. The van der Waals surface area contributed by atoms with Crippen molar-refractivity contribution >= 4 is 5.69 Å². The summed E-state index contributed by atoms with van der Waals surface area (Å²) in [6.07, 6.45) is 0. The van der Waals surface area contributed by atoms with Gasteiger partial charge in [-0.2, -0.15) is 0 Å². The zero-order valence-corrected chi connectivity index (χ0v) is 12.5. The van der Waals surface area contributed by atoms with Crippen molar-refractivity contribution in [2.24, 2.45) is 0 Å².